The Kier molecular flexibility index (Phi) is 6.44. The van der Waals surface area contributed by atoms with Crippen LogP contribution in [0.15, 0.2) is 45.8 Å². The number of carboxylic acid groups (broad SMARTS) is 1. The van der Waals surface area contributed by atoms with Crippen LogP contribution in [0.1, 0.15) is 42.7 Å². The van der Waals surface area contributed by atoms with Crippen LogP contribution in [-0.2, 0) is 19.7 Å². The van der Waals surface area contributed by atoms with Gasteiger partial charge in [0.2, 0.25) is 10.0 Å². The molecule has 0 atom stereocenters. The van der Waals surface area contributed by atoms with Crippen LogP contribution in [-0.4, -0.2) is 51.3 Å². The van der Waals surface area contributed by atoms with E-state index in [1.807, 2.05) is 6.07 Å². The lowest BCUT2D eigenvalue weighted by Gasteiger charge is -2.25. The lowest BCUT2D eigenvalue weighted by Crippen LogP contribution is -2.32. The first-order valence-electron chi connectivity index (χ1n) is 11.7. The molecule has 2 N–H and O–H groups in total. The van der Waals surface area contributed by atoms with E-state index in [0.717, 1.165) is 30.0 Å². The first kappa shape index (κ1) is 24.3. The predicted octanol–water partition coefficient (Wildman–Crippen LogP) is 4.03. The fraction of sp³-hybridized carbons (Fsp3) is 0.360. The number of hydroxylamine groups is 1. The van der Waals surface area contributed by atoms with Crippen LogP contribution in [0.5, 0.6) is 0 Å². The SMILES string of the molecule is CS(=O)(=O)N(CCCC(=O)O)c1cc2oc(-c3ccc(F)cc3)c(C3=NCCON3)c2cc1C1CC1. The average molecular weight is 516 g/mol. The highest BCUT2D eigenvalue weighted by Crippen LogP contribution is 2.48. The molecule has 1 aliphatic carbocycles. The number of rotatable bonds is 9. The van der Waals surface area contributed by atoms with Crippen LogP contribution in [0.3, 0.4) is 0 Å². The molecule has 1 aromatic heterocycles. The van der Waals surface area contributed by atoms with Gasteiger partial charge in [-0.3, -0.25) is 18.9 Å². The zero-order valence-electron chi connectivity index (χ0n) is 19.7. The van der Waals surface area contributed by atoms with Gasteiger partial charge in [0.1, 0.15) is 17.2 Å². The Hall–Kier alpha value is -3.44. The van der Waals surface area contributed by atoms with E-state index in [4.69, 9.17) is 14.4 Å². The molecule has 1 saturated carbocycles. The molecule has 2 aliphatic rings. The average Bonchev–Trinajstić information content (AvgIpc) is 3.61. The lowest BCUT2D eigenvalue weighted by atomic mass is 10.00. The fourth-order valence-electron chi connectivity index (χ4n) is 4.45. The van der Waals surface area contributed by atoms with Gasteiger partial charge in [-0.25, -0.2) is 18.3 Å². The van der Waals surface area contributed by atoms with Crippen molar-refractivity contribution in [1.82, 2.24) is 5.48 Å². The number of hydrogen-bond acceptors (Lipinski definition) is 7. The minimum Gasteiger partial charge on any atom is -0.481 e. The molecule has 5 rings (SSSR count). The third kappa shape index (κ3) is 4.93. The maximum absolute atomic E-state index is 13.6. The van der Waals surface area contributed by atoms with Gasteiger partial charge in [0.25, 0.3) is 0 Å². The molecule has 0 amide bonds. The van der Waals surface area contributed by atoms with Crippen molar-refractivity contribution in [2.24, 2.45) is 4.99 Å². The van der Waals surface area contributed by atoms with E-state index in [2.05, 4.69) is 10.5 Å². The highest BCUT2D eigenvalue weighted by atomic mass is 32.2. The summed E-state index contributed by atoms with van der Waals surface area (Å²) in [5.41, 5.74) is 5.92. The summed E-state index contributed by atoms with van der Waals surface area (Å²) in [4.78, 5) is 21.0. The van der Waals surface area contributed by atoms with Crippen molar-refractivity contribution in [3.63, 3.8) is 0 Å². The van der Waals surface area contributed by atoms with Crippen LogP contribution in [0.25, 0.3) is 22.3 Å². The second-order valence-corrected chi connectivity index (χ2v) is 10.9. The highest BCUT2D eigenvalue weighted by molar-refractivity contribution is 7.92. The molecule has 0 bridgehead atoms. The number of hydrogen-bond donors (Lipinski definition) is 2. The topological polar surface area (TPSA) is 121 Å². The number of furan rings is 1. The minimum atomic E-state index is -3.69. The number of nitrogens with one attached hydrogen (secondary N) is 1. The zero-order valence-corrected chi connectivity index (χ0v) is 20.5. The number of halogens is 1. The molecule has 190 valence electrons. The number of nitrogens with zero attached hydrogens (tertiary/aromatic N) is 2. The number of carbonyl (C=O) groups is 1. The molecule has 9 nitrogen and oxygen atoms in total. The molecule has 11 heteroatoms. The smallest absolute Gasteiger partial charge is 0.303 e. The fourth-order valence-corrected chi connectivity index (χ4v) is 5.43. The van der Waals surface area contributed by atoms with Gasteiger partial charge in [-0.2, -0.15) is 0 Å². The number of fused-ring (bicyclic) bond motifs is 1. The van der Waals surface area contributed by atoms with Crippen molar-refractivity contribution in [2.45, 2.75) is 31.6 Å². The largest absolute Gasteiger partial charge is 0.481 e. The van der Waals surface area contributed by atoms with Crippen LogP contribution in [0.4, 0.5) is 10.1 Å². The number of aliphatic imine (C=N–C) groups is 1. The van der Waals surface area contributed by atoms with E-state index < -0.39 is 16.0 Å². The summed E-state index contributed by atoms with van der Waals surface area (Å²) in [6.45, 7) is 0.913. The maximum atomic E-state index is 13.6. The summed E-state index contributed by atoms with van der Waals surface area (Å²) in [7, 11) is -3.69. The van der Waals surface area contributed by atoms with Crippen molar-refractivity contribution < 1.29 is 32.0 Å². The van der Waals surface area contributed by atoms with Crippen molar-refractivity contribution in [2.75, 3.05) is 30.3 Å². The maximum Gasteiger partial charge on any atom is 0.303 e. The Bertz CT molecular complexity index is 1440. The van der Waals surface area contributed by atoms with Crippen molar-refractivity contribution in [1.29, 1.82) is 0 Å². The van der Waals surface area contributed by atoms with Crippen LogP contribution < -0.4 is 9.79 Å². The standard InChI is InChI=1S/C25H26FN3O6S/c1-36(32,33)29(11-2-3-22(30)31)20-14-21-19(13-18(20)15-4-5-15)23(25-27-10-12-34-28-25)24(35-21)16-6-8-17(26)9-7-16/h6-9,13-15H,2-5,10-12H2,1H3,(H,27,28)(H,30,31). The van der Waals surface area contributed by atoms with E-state index >= 15 is 0 Å². The highest BCUT2D eigenvalue weighted by Gasteiger charge is 2.33. The Morgan fingerprint density at radius 3 is 2.61 bits per heavy atom. The molecule has 3 aromatic rings. The van der Waals surface area contributed by atoms with Crippen molar-refractivity contribution in [3.8, 4) is 11.3 Å². The number of amidine groups is 1. The summed E-state index contributed by atoms with van der Waals surface area (Å²) in [5, 5.41) is 9.77. The predicted molar refractivity (Wildman–Crippen MR) is 133 cm³/mol. The summed E-state index contributed by atoms with van der Waals surface area (Å²) >= 11 is 0. The van der Waals surface area contributed by atoms with E-state index in [1.54, 1.807) is 18.2 Å². The molecular weight excluding hydrogens is 489 g/mol. The Morgan fingerprint density at radius 1 is 1.25 bits per heavy atom. The number of sulfonamides is 1. The molecule has 0 saturated heterocycles. The van der Waals surface area contributed by atoms with Gasteiger partial charge >= 0.3 is 5.97 Å². The number of benzene rings is 2. The van der Waals surface area contributed by atoms with Gasteiger partial charge in [0, 0.05) is 30.0 Å². The molecular formula is C25H26FN3O6S. The number of carboxylic acids is 1. The first-order chi connectivity index (χ1) is 17.2. The second kappa shape index (κ2) is 9.55. The van der Waals surface area contributed by atoms with Crippen LogP contribution in [0, 0.1) is 5.82 Å². The van der Waals surface area contributed by atoms with Gasteiger partial charge < -0.3 is 9.52 Å². The molecule has 0 spiro atoms. The summed E-state index contributed by atoms with van der Waals surface area (Å²) < 4.78 is 46.7. The quantitative estimate of drug-likeness (QED) is 0.441. The van der Waals surface area contributed by atoms with Gasteiger partial charge in [-0.15, -0.1) is 0 Å². The third-order valence-electron chi connectivity index (χ3n) is 6.25. The molecule has 0 unspecified atom stereocenters. The van der Waals surface area contributed by atoms with E-state index in [0.29, 0.717) is 47.1 Å². The second-order valence-electron chi connectivity index (χ2n) is 9.01. The van der Waals surface area contributed by atoms with Crippen molar-refractivity contribution in [3.05, 3.63) is 53.3 Å². The zero-order chi connectivity index (χ0) is 25.4. The number of aliphatic carboxylic acids is 1. The Balaban J connectivity index is 1.70. The van der Waals surface area contributed by atoms with E-state index in [1.165, 1.54) is 16.4 Å². The van der Waals surface area contributed by atoms with E-state index in [-0.39, 0.29) is 31.1 Å². The summed E-state index contributed by atoms with van der Waals surface area (Å²) in [6, 6.07) is 9.53. The molecule has 0 radical (unpaired) electrons. The molecule has 36 heavy (non-hydrogen) atoms. The van der Waals surface area contributed by atoms with Gasteiger partial charge in [-0.05, 0) is 61.1 Å². The van der Waals surface area contributed by atoms with Gasteiger partial charge in [-0.1, -0.05) is 0 Å². The number of anilines is 1. The summed E-state index contributed by atoms with van der Waals surface area (Å²) in [5.74, 6) is -0.240. The van der Waals surface area contributed by atoms with Gasteiger partial charge in [0.15, 0.2) is 5.84 Å². The van der Waals surface area contributed by atoms with Crippen LogP contribution in [0.2, 0.25) is 0 Å². The molecule has 1 aliphatic heterocycles. The molecule has 1 fully saturated rings. The third-order valence-corrected chi connectivity index (χ3v) is 7.43. The molecule has 2 heterocycles. The van der Waals surface area contributed by atoms with Crippen LogP contribution >= 0.6 is 0 Å². The van der Waals surface area contributed by atoms with E-state index in [9.17, 15) is 17.6 Å². The Labute approximate surface area is 207 Å². The van der Waals surface area contributed by atoms with Crippen molar-refractivity contribution >= 4 is 38.5 Å². The first-order valence-corrected chi connectivity index (χ1v) is 13.6. The molecule has 2 aromatic carbocycles. The van der Waals surface area contributed by atoms with Gasteiger partial charge in [0.05, 0.1) is 30.7 Å². The Morgan fingerprint density at radius 2 is 2.00 bits per heavy atom. The lowest BCUT2D eigenvalue weighted by molar-refractivity contribution is -0.137. The minimum absolute atomic E-state index is 0.0385. The normalized spacial score (nSPS) is 16.0. The monoisotopic (exact) mass is 515 g/mol. The summed E-state index contributed by atoms with van der Waals surface area (Å²) in [6.07, 6.45) is 2.99.